The lowest BCUT2D eigenvalue weighted by molar-refractivity contribution is -0.127. The van der Waals surface area contributed by atoms with Crippen LogP contribution in [0.4, 0.5) is 0 Å². The van der Waals surface area contributed by atoms with Crippen molar-refractivity contribution in [3.63, 3.8) is 0 Å². The summed E-state index contributed by atoms with van der Waals surface area (Å²) in [7, 11) is 5.12. The summed E-state index contributed by atoms with van der Waals surface area (Å²) in [5.74, 6) is 2.30. The Morgan fingerprint density at radius 2 is 2.10 bits per heavy atom. The Morgan fingerprint density at radius 3 is 2.80 bits per heavy atom. The molecule has 0 saturated carbocycles. The van der Waals surface area contributed by atoms with Gasteiger partial charge in [0.1, 0.15) is 12.4 Å². The summed E-state index contributed by atoms with van der Waals surface area (Å²) < 4.78 is 7.05. The molecule has 0 bridgehead atoms. The zero-order valence-corrected chi connectivity index (χ0v) is 20.0. The van der Waals surface area contributed by atoms with Gasteiger partial charge in [0, 0.05) is 33.7 Å². The van der Waals surface area contributed by atoms with Crippen molar-refractivity contribution in [2.45, 2.75) is 38.6 Å². The van der Waals surface area contributed by atoms with Crippen molar-refractivity contribution < 1.29 is 9.53 Å². The Kier molecular flexibility index (Phi) is 9.50. The van der Waals surface area contributed by atoms with Gasteiger partial charge in [0.25, 0.3) is 0 Å². The van der Waals surface area contributed by atoms with E-state index in [9.17, 15) is 4.79 Å². The number of guanidine groups is 1. The number of benzene rings is 1. The van der Waals surface area contributed by atoms with Crippen LogP contribution in [0.2, 0.25) is 0 Å². The molecule has 0 saturated heterocycles. The molecular formula is C20H30IN7O2. The molecule has 3 rings (SSSR count). The minimum atomic E-state index is -0.00868. The average molecular weight is 527 g/mol. The summed E-state index contributed by atoms with van der Waals surface area (Å²) in [4.78, 5) is 22.7. The number of fused-ring (bicyclic) bond motifs is 1. The number of ether oxygens (including phenoxy) is 1. The molecule has 1 unspecified atom stereocenters. The second-order valence-electron chi connectivity index (χ2n) is 7.23. The number of carbonyl (C=O) groups is 1. The molecular weight excluding hydrogens is 497 g/mol. The molecule has 2 N–H and O–H groups in total. The highest BCUT2D eigenvalue weighted by Gasteiger charge is 2.22. The van der Waals surface area contributed by atoms with Crippen LogP contribution in [0.15, 0.2) is 35.3 Å². The number of likely N-dealkylation sites (N-methyl/N-ethyl adjacent to an activating group) is 1. The number of halogens is 1. The number of aromatic nitrogens is 3. The number of hydrogen-bond acceptors (Lipinski definition) is 5. The summed E-state index contributed by atoms with van der Waals surface area (Å²) in [5, 5.41) is 11.1. The Hall–Kier alpha value is -2.21. The first kappa shape index (κ1) is 24.1. The van der Waals surface area contributed by atoms with Gasteiger partial charge in [-0.25, -0.2) is 14.7 Å². The fraction of sp³-hybridized carbons (Fsp3) is 0.500. The van der Waals surface area contributed by atoms with Gasteiger partial charge in [0.05, 0.1) is 19.6 Å². The largest absolute Gasteiger partial charge is 0.377 e. The Labute approximate surface area is 194 Å². The van der Waals surface area contributed by atoms with Gasteiger partial charge < -0.3 is 20.3 Å². The lowest BCUT2D eigenvalue weighted by Crippen LogP contribution is -2.49. The van der Waals surface area contributed by atoms with E-state index in [1.54, 1.807) is 26.1 Å². The molecule has 1 aromatic heterocycles. The van der Waals surface area contributed by atoms with Gasteiger partial charge in [-0.15, -0.1) is 24.0 Å². The predicted molar refractivity (Wildman–Crippen MR) is 126 cm³/mol. The van der Waals surface area contributed by atoms with Crippen molar-refractivity contribution in [2.75, 3.05) is 27.7 Å². The zero-order valence-electron chi connectivity index (χ0n) is 17.7. The first-order chi connectivity index (χ1) is 14.0. The maximum Gasteiger partial charge on any atom is 0.241 e. The SMILES string of the molecule is COCc1nc2n(n1)CC(NC(=NCc1ccccc1)NCC(=O)N(C)C)CC2.I. The van der Waals surface area contributed by atoms with E-state index >= 15 is 0 Å². The summed E-state index contributed by atoms with van der Waals surface area (Å²) in [5.41, 5.74) is 1.11. The van der Waals surface area contributed by atoms with Crippen LogP contribution in [0.25, 0.3) is 0 Å². The number of nitrogens with zero attached hydrogens (tertiary/aromatic N) is 5. The highest BCUT2D eigenvalue weighted by atomic mass is 127. The van der Waals surface area contributed by atoms with Crippen molar-refractivity contribution in [3.8, 4) is 0 Å². The molecule has 2 heterocycles. The molecule has 10 heteroatoms. The lowest BCUT2D eigenvalue weighted by Gasteiger charge is -2.25. The van der Waals surface area contributed by atoms with E-state index in [0.717, 1.165) is 24.2 Å². The highest BCUT2D eigenvalue weighted by molar-refractivity contribution is 14.0. The van der Waals surface area contributed by atoms with Crippen LogP contribution in [0, 0.1) is 0 Å². The van der Waals surface area contributed by atoms with Gasteiger partial charge in [-0.2, -0.15) is 5.10 Å². The number of aliphatic imine (C=N–C) groups is 1. The topological polar surface area (TPSA) is 96.7 Å². The zero-order chi connectivity index (χ0) is 20.6. The maximum absolute atomic E-state index is 12.0. The molecule has 30 heavy (non-hydrogen) atoms. The van der Waals surface area contributed by atoms with E-state index in [2.05, 4.69) is 25.7 Å². The van der Waals surface area contributed by atoms with Crippen LogP contribution in [-0.2, 0) is 35.6 Å². The molecule has 1 atom stereocenters. The van der Waals surface area contributed by atoms with Crippen LogP contribution in [-0.4, -0.2) is 65.3 Å². The molecule has 1 amide bonds. The van der Waals surface area contributed by atoms with Crippen LogP contribution in [0.5, 0.6) is 0 Å². The third-order valence-corrected chi connectivity index (χ3v) is 4.68. The molecule has 0 fully saturated rings. The van der Waals surface area contributed by atoms with Crippen LogP contribution >= 0.6 is 24.0 Å². The first-order valence-electron chi connectivity index (χ1n) is 9.75. The normalized spacial score (nSPS) is 15.7. The first-order valence-corrected chi connectivity index (χ1v) is 9.75. The van der Waals surface area contributed by atoms with Gasteiger partial charge in [-0.3, -0.25) is 4.79 Å². The van der Waals surface area contributed by atoms with Crippen molar-refractivity contribution in [3.05, 3.63) is 47.5 Å². The number of amides is 1. The van der Waals surface area contributed by atoms with E-state index in [4.69, 9.17) is 4.74 Å². The second-order valence-corrected chi connectivity index (χ2v) is 7.23. The molecule has 1 aliphatic heterocycles. The smallest absolute Gasteiger partial charge is 0.241 e. The van der Waals surface area contributed by atoms with Gasteiger partial charge in [-0.05, 0) is 12.0 Å². The van der Waals surface area contributed by atoms with E-state index in [1.807, 2.05) is 35.0 Å². The fourth-order valence-corrected chi connectivity index (χ4v) is 3.09. The van der Waals surface area contributed by atoms with Crippen LogP contribution < -0.4 is 10.6 Å². The van der Waals surface area contributed by atoms with Gasteiger partial charge in [-0.1, -0.05) is 30.3 Å². The summed E-state index contributed by atoms with van der Waals surface area (Å²) in [6.07, 6.45) is 1.75. The highest BCUT2D eigenvalue weighted by Crippen LogP contribution is 2.13. The van der Waals surface area contributed by atoms with Gasteiger partial charge >= 0.3 is 0 Å². The molecule has 1 aromatic carbocycles. The Balaban J connectivity index is 0.00000320. The molecule has 2 aromatic rings. The third-order valence-electron chi connectivity index (χ3n) is 4.68. The molecule has 0 radical (unpaired) electrons. The number of nitrogens with one attached hydrogen (secondary N) is 2. The fourth-order valence-electron chi connectivity index (χ4n) is 3.09. The lowest BCUT2D eigenvalue weighted by atomic mass is 10.1. The Morgan fingerprint density at radius 1 is 1.33 bits per heavy atom. The third kappa shape index (κ3) is 6.94. The van der Waals surface area contributed by atoms with Gasteiger partial charge in [0.15, 0.2) is 11.8 Å². The Bertz CT molecular complexity index is 839. The predicted octanol–water partition coefficient (Wildman–Crippen LogP) is 1.18. The van der Waals surface area contributed by atoms with Crippen molar-refractivity contribution in [1.82, 2.24) is 30.3 Å². The molecule has 1 aliphatic rings. The summed E-state index contributed by atoms with van der Waals surface area (Å²) in [6.45, 7) is 1.83. The van der Waals surface area contributed by atoms with E-state index < -0.39 is 0 Å². The number of rotatable bonds is 7. The van der Waals surface area contributed by atoms with E-state index in [0.29, 0.717) is 31.5 Å². The van der Waals surface area contributed by atoms with Gasteiger partial charge in [0.2, 0.25) is 5.91 Å². The number of aryl methyl sites for hydroxylation is 1. The molecule has 0 aliphatic carbocycles. The van der Waals surface area contributed by atoms with Crippen LogP contribution in [0.1, 0.15) is 23.6 Å². The maximum atomic E-state index is 12.0. The molecule has 164 valence electrons. The molecule has 9 nitrogen and oxygen atoms in total. The van der Waals surface area contributed by atoms with Crippen molar-refractivity contribution in [2.24, 2.45) is 4.99 Å². The quantitative estimate of drug-likeness (QED) is 0.319. The number of hydrogen-bond donors (Lipinski definition) is 2. The summed E-state index contributed by atoms with van der Waals surface area (Å²) >= 11 is 0. The van der Waals surface area contributed by atoms with Crippen LogP contribution in [0.3, 0.4) is 0 Å². The summed E-state index contributed by atoms with van der Waals surface area (Å²) in [6, 6.07) is 10.2. The average Bonchev–Trinajstić information content (AvgIpc) is 3.12. The number of methoxy groups -OCH3 is 1. The van der Waals surface area contributed by atoms with E-state index in [-0.39, 0.29) is 42.5 Å². The monoisotopic (exact) mass is 527 g/mol. The van der Waals surface area contributed by atoms with Crippen molar-refractivity contribution >= 4 is 35.8 Å². The second kappa shape index (κ2) is 11.8. The molecule has 0 spiro atoms. The standard InChI is InChI=1S/C20H29N7O2.HI/c1-26(2)19(28)12-22-20(21-11-15-7-5-4-6-8-15)23-16-9-10-18-24-17(14-29-3)25-27(18)13-16;/h4-8,16H,9-14H2,1-3H3,(H2,21,22,23);1H. The van der Waals surface area contributed by atoms with Crippen molar-refractivity contribution in [1.29, 1.82) is 0 Å². The number of carbonyl (C=O) groups excluding carboxylic acids is 1. The minimum absolute atomic E-state index is 0. The minimum Gasteiger partial charge on any atom is -0.377 e. The van der Waals surface area contributed by atoms with E-state index in [1.165, 1.54) is 0 Å².